The minimum atomic E-state index is -0.965. The van der Waals surface area contributed by atoms with Crippen molar-refractivity contribution in [3.8, 4) is 5.75 Å². The minimum absolute atomic E-state index is 0.0209. The molecule has 0 saturated carbocycles. The first kappa shape index (κ1) is 18.6. The highest BCUT2D eigenvalue weighted by Crippen LogP contribution is 2.42. The van der Waals surface area contributed by atoms with Crippen LogP contribution in [-0.2, 0) is 9.59 Å². The molecule has 2 heterocycles. The van der Waals surface area contributed by atoms with E-state index in [0.29, 0.717) is 22.2 Å². The second kappa shape index (κ2) is 7.14. The third-order valence-electron chi connectivity index (χ3n) is 5.28. The van der Waals surface area contributed by atoms with Crippen LogP contribution in [-0.4, -0.2) is 31.9 Å². The Balaban J connectivity index is 1.75. The van der Waals surface area contributed by atoms with Gasteiger partial charge in [0.15, 0.2) is 0 Å². The Bertz CT molecular complexity index is 1320. The number of fused-ring (bicyclic) bond motifs is 1. The quantitative estimate of drug-likeness (QED) is 0.269. The number of H-pyrrole nitrogens is 1. The highest BCUT2D eigenvalue weighted by atomic mass is 16.3. The molecule has 7 heteroatoms. The summed E-state index contributed by atoms with van der Waals surface area (Å²) in [5.74, 6) is -1.76. The summed E-state index contributed by atoms with van der Waals surface area (Å²) < 4.78 is 0. The molecule has 7 nitrogen and oxygen atoms in total. The Labute approximate surface area is 176 Å². The van der Waals surface area contributed by atoms with Crippen molar-refractivity contribution < 1.29 is 19.8 Å². The third kappa shape index (κ3) is 3.03. The van der Waals surface area contributed by atoms with Gasteiger partial charge in [0.1, 0.15) is 11.5 Å². The zero-order chi connectivity index (χ0) is 21.5. The molecule has 0 bridgehead atoms. The summed E-state index contributed by atoms with van der Waals surface area (Å²) in [6, 6.07) is 21.1. The van der Waals surface area contributed by atoms with Gasteiger partial charge in [0.2, 0.25) is 5.95 Å². The normalized spacial score (nSPS) is 18.1. The Morgan fingerprint density at radius 2 is 1.68 bits per heavy atom. The van der Waals surface area contributed by atoms with Gasteiger partial charge in [-0.15, -0.1) is 0 Å². The van der Waals surface area contributed by atoms with Crippen LogP contribution in [0.5, 0.6) is 5.75 Å². The zero-order valence-corrected chi connectivity index (χ0v) is 16.2. The molecule has 0 radical (unpaired) electrons. The molecule has 1 fully saturated rings. The van der Waals surface area contributed by atoms with E-state index in [2.05, 4.69) is 9.97 Å². The summed E-state index contributed by atoms with van der Waals surface area (Å²) in [4.78, 5) is 35.0. The lowest BCUT2D eigenvalue weighted by Gasteiger charge is -2.23. The lowest BCUT2D eigenvalue weighted by atomic mass is 9.95. The van der Waals surface area contributed by atoms with Crippen molar-refractivity contribution in [3.05, 3.63) is 95.6 Å². The van der Waals surface area contributed by atoms with E-state index in [4.69, 9.17) is 0 Å². The first-order chi connectivity index (χ1) is 15.0. The molecule has 5 rings (SSSR count). The van der Waals surface area contributed by atoms with Crippen LogP contribution in [0, 0.1) is 0 Å². The van der Waals surface area contributed by atoms with Crippen LogP contribution in [0.4, 0.5) is 5.95 Å². The maximum absolute atomic E-state index is 13.1. The van der Waals surface area contributed by atoms with E-state index in [1.807, 2.05) is 18.2 Å². The molecule has 3 aromatic carbocycles. The van der Waals surface area contributed by atoms with Gasteiger partial charge < -0.3 is 15.2 Å². The molecule has 1 aliphatic rings. The highest BCUT2D eigenvalue weighted by Gasteiger charge is 2.48. The molecule has 1 atom stereocenters. The predicted molar refractivity (Wildman–Crippen MR) is 115 cm³/mol. The molecule has 31 heavy (non-hydrogen) atoms. The number of aromatic nitrogens is 2. The fourth-order valence-electron chi connectivity index (χ4n) is 3.87. The maximum Gasteiger partial charge on any atom is 0.302 e. The third-order valence-corrected chi connectivity index (χ3v) is 5.28. The van der Waals surface area contributed by atoms with Gasteiger partial charge in [0, 0.05) is 5.56 Å². The Morgan fingerprint density at radius 1 is 0.935 bits per heavy atom. The summed E-state index contributed by atoms with van der Waals surface area (Å²) >= 11 is 0. The molecule has 0 spiro atoms. The fraction of sp³-hybridized carbons (Fsp3) is 0.0417. The van der Waals surface area contributed by atoms with E-state index < -0.39 is 17.7 Å². The number of aromatic hydroxyl groups is 1. The van der Waals surface area contributed by atoms with Crippen LogP contribution in [0.25, 0.3) is 16.8 Å². The number of carbonyl (C=O) groups excluding carboxylic acids is 2. The Morgan fingerprint density at radius 3 is 2.42 bits per heavy atom. The van der Waals surface area contributed by atoms with Gasteiger partial charge in [-0.25, -0.2) is 4.98 Å². The number of phenolic OH excluding ortho intramolecular Hbond substituents is 1. The average Bonchev–Trinajstić information content (AvgIpc) is 3.32. The molecular formula is C24H17N3O4. The first-order valence-electron chi connectivity index (χ1n) is 9.64. The average molecular weight is 411 g/mol. The van der Waals surface area contributed by atoms with Crippen molar-refractivity contribution in [1.29, 1.82) is 0 Å². The summed E-state index contributed by atoms with van der Waals surface area (Å²) in [6.45, 7) is 0. The smallest absolute Gasteiger partial charge is 0.302 e. The number of anilines is 1. The molecule has 1 amide bonds. The monoisotopic (exact) mass is 411 g/mol. The lowest BCUT2D eigenvalue weighted by molar-refractivity contribution is -0.132. The predicted octanol–water partition coefficient (Wildman–Crippen LogP) is 3.89. The van der Waals surface area contributed by atoms with Crippen LogP contribution in [0.1, 0.15) is 17.2 Å². The molecule has 1 saturated heterocycles. The SMILES string of the molecule is O=C1C(=O)N(c2nc3ccccc3[nH]2)C(c2cccc(O)c2)/C1=C(\O)c1ccccc1. The van der Waals surface area contributed by atoms with Crippen molar-refractivity contribution in [2.24, 2.45) is 0 Å². The number of hydrogen-bond acceptors (Lipinski definition) is 5. The van der Waals surface area contributed by atoms with E-state index in [1.54, 1.807) is 48.5 Å². The number of ketones is 1. The number of aliphatic hydroxyl groups excluding tert-OH is 1. The van der Waals surface area contributed by atoms with E-state index in [1.165, 1.54) is 17.0 Å². The van der Waals surface area contributed by atoms with Gasteiger partial charge in [0.25, 0.3) is 5.78 Å². The van der Waals surface area contributed by atoms with Gasteiger partial charge >= 0.3 is 5.91 Å². The molecule has 152 valence electrons. The van der Waals surface area contributed by atoms with E-state index in [0.717, 1.165) is 0 Å². The van der Waals surface area contributed by atoms with Crippen molar-refractivity contribution in [3.63, 3.8) is 0 Å². The number of benzene rings is 3. The second-order valence-electron chi connectivity index (χ2n) is 7.21. The van der Waals surface area contributed by atoms with Crippen LogP contribution in [0.3, 0.4) is 0 Å². The minimum Gasteiger partial charge on any atom is -0.508 e. The largest absolute Gasteiger partial charge is 0.508 e. The van der Waals surface area contributed by atoms with Gasteiger partial charge in [0.05, 0.1) is 22.6 Å². The number of phenols is 1. The zero-order valence-electron chi connectivity index (χ0n) is 16.2. The van der Waals surface area contributed by atoms with Crippen molar-refractivity contribution in [2.75, 3.05) is 4.90 Å². The molecule has 3 N–H and O–H groups in total. The fourth-order valence-corrected chi connectivity index (χ4v) is 3.87. The van der Waals surface area contributed by atoms with Gasteiger partial charge in [-0.2, -0.15) is 0 Å². The van der Waals surface area contributed by atoms with Gasteiger partial charge in [-0.3, -0.25) is 14.5 Å². The number of amides is 1. The van der Waals surface area contributed by atoms with Crippen LogP contribution >= 0.6 is 0 Å². The summed E-state index contributed by atoms with van der Waals surface area (Å²) in [5, 5.41) is 21.0. The number of nitrogens with zero attached hydrogens (tertiary/aromatic N) is 2. The summed E-state index contributed by atoms with van der Waals surface area (Å²) in [6.07, 6.45) is 0. The van der Waals surface area contributed by atoms with Crippen LogP contribution in [0.15, 0.2) is 84.4 Å². The lowest BCUT2D eigenvalue weighted by Crippen LogP contribution is -2.30. The highest BCUT2D eigenvalue weighted by molar-refractivity contribution is 6.51. The number of aromatic amines is 1. The van der Waals surface area contributed by atoms with E-state index >= 15 is 0 Å². The number of rotatable bonds is 3. The number of Topliss-reactive ketones (excluding diaryl/α,β-unsaturated/α-hetero) is 1. The number of aliphatic hydroxyl groups is 1. The van der Waals surface area contributed by atoms with Gasteiger partial charge in [-0.05, 0) is 29.8 Å². The van der Waals surface area contributed by atoms with Crippen molar-refractivity contribution in [2.45, 2.75) is 6.04 Å². The molecule has 1 aliphatic heterocycles. The number of hydrogen-bond donors (Lipinski definition) is 3. The van der Waals surface area contributed by atoms with E-state index in [-0.39, 0.29) is 23.0 Å². The molecule has 1 aromatic heterocycles. The molecule has 0 aliphatic carbocycles. The summed E-state index contributed by atoms with van der Waals surface area (Å²) in [7, 11) is 0. The molecule has 1 unspecified atom stereocenters. The number of carbonyl (C=O) groups is 2. The number of imidazole rings is 1. The topological polar surface area (TPSA) is 107 Å². The second-order valence-corrected chi connectivity index (χ2v) is 7.21. The Hall–Kier alpha value is -4.39. The van der Waals surface area contributed by atoms with Crippen LogP contribution in [0.2, 0.25) is 0 Å². The standard InChI is InChI=1S/C24H17N3O4/c28-16-10-6-9-15(13-16)20-19(21(29)14-7-2-1-3-8-14)22(30)23(31)27(20)24-25-17-11-4-5-12-18(17)26-24/h1-13,20,28-29H,(H,25,26)/b21-19+. The first-order valence-corrected chi connectivity index (χ1v) is 9.64. The van der Waals surface area contributed by atoms with E-state index in [9.17, 15) is 19.8 Å². The van der Waals surface area contributed by atoms with Crippen molar-refractivity contribution >= 4 is 34.4 Å². The number of para-hydroxylation sites is 2. The van der Waals surface area contributed by atoms with Crippen LogP contribution < -0.4 is 4.90 Å². The Kier molecular flexibility index (Phi) is 4.29. The van der Waals surface area contributed by atoms with Gasteiger partial charge in [-0.1, -0.05) is 54.6 Å². The number of nitrogens with one attached hydrogen (secondary N) is 1. The molecule has 4 aromatic rings. The summed E-state index contributed by atoms with van der Waals surface area (Å²) in [5.41, 5.74) is 2.16. The molecular weight excluding hydrogens is 394 g/mol. The maximum atomic E-state index is 13.1. The van der Waals surface area contributed by atoms with Crippen molar-refractivity contribution in [1.82, 2.24) is 9.97 Å².